The molecule has 0 N–H and O–H groups in total. The van der Waals surface area contributed by atoms with Crippen LogP contribution in [0.15, 0.2) is 68.5 Å². The fraction of sp³-hybridized carbons (Fsp3) is 0.423. The number of carbonyl (C=O) groups excluding carboxylic acids is 2. The van der Waals surface area contributed by atoms with E-state index in [0.717, 1.165) is 49.1 Å². The molecule has 33 heavy (non-hydrogen) atoms. The molecule has 1 amide bonds. The Kier molecular flexibility index (Phi) is 5.04. The van der Waals surface area contributed by atoms with Crippen LogP contribution >= 0.6 is 0 Å². The second-order valence-corrected chi connectivity index (χ2v) is 9.36. The topological polar surface area (TPSA) is 85.3 Å². The molecule has 6 rings (SSSR count). The van der Waals surface area contributed by atoms with Gasteiger partial charge in [0, 0.05) is 5.92 Å². The van der Waals surface area contributed by atoms with Gasteiger partial charge in [0.15, 0.2) is 6.61 Å². The summed E-state index contributed by atoms with van der Waals surface area (Å²) in [7, 11) is 0. The van der Waals surface area contributed by atoms with Gasteiger partial charge in [-0.05, 0) is 79.9 Å². The van der Waals surface area contributed by atoms with Gasteiger partial charge in [0.1, 0.15) is 17.6 Å². The van der Waals surface area contributed by atoms with E-state index in [1.54, 1.807) is 12.5 Å². The molecular weight excluding hydrogens is 420 g/mol. The van der Waals surface area contributed by atoms with Crippen LogP contribution in [0.3, 0.4) is 0 Å². The van der Waals surface area contributed by atoms with Crippen LogP contribution in [0.1, 0.15) is 49.7 Å². The lowest BCUT2D eigenvalue weighted by Gasteiger charge is -2.27. The normalized spacial score (nSPS) is 31.2. The molecule has 1 aliphatic heterocycles. The SMILES string of the molecule is O=C(OCC(=O)N1N=C2C(=Cc3ccco3)CCCC2C1c1ccco1)C1CC2C=CC1C2. The van der Waals surface area contributed by atoms with Crippen LogP contribution in [0, 0.1) is 23.7 Å². The number of hydrazone groups is 1. The molecule has 2 aromatic rings. The quantitative estimate of drug-likeness (QED) is 0.489. The van der Waals surface area contributed by atoms with Gasteiger partial charge in [-0.1, -0.05) is 12.2 Å². The van der Waals surface area contributed by atoms with E-state index in [4.69, 9.17) is 18.7 Å². The maximum Gasteiger partial charge on any atom is 0.310 e. The number of amides is 1. The van der Waals surface area contributed by atoms with Crippen molar-refractivity contribution in [3.63, 3.8) is 0 Å². The van der Waals surface area contributed by atoms with Crippen molar-refractivity contribution in [2.75, 3.05) is 6.61 Å². The Bertz CT molecular complexity index is 1130. The Morgan fingerprint density at radius 3 is 2.76 bits per heavy atom. The summed E-state index contributed by atoms with van der Waals surface area (Å²) in [6, 6.07) is 7.11. The van der Waals surface area contributed by atoms with E-state index >= 15 is 0 Å². The Morgan fingerprint density at radius 2 is 2.03 bits per heavy atom. The molecule has 3 heterocycles. The number of carbonyl (C=O) groups is 2. The number of hydrogen-bond donors (Lipinski definition) is 0. The lowest BCUT2D eigenvalue weighted by atomic mass is 9.79. The van der Waals surface area contributed by atoms with Crippen LogP contribution in [0.2, 0.25) is 0 Å². The minimum Gasteiger partial charge on any atom is -0.467 e. The summed E-state index contributed by atoms with van der Waals surface area (Å²) in [5.41, 5.74) is 1.95. The van der Waals surface area contributed by atoms with Crippen LogP contribution in [0.4, 0.5) is 0 Å². The second-order valence-electron chi connectivity index (χ2n) is 9.36. The molecule has 7 heteroatoms. The van der Waals surface area contributed by atoms with Crippen LogP contribution in [0.5, 0.6) is 0 Å². The molecule has 4 aliphatic rings. The Morgan fingerprint density at radius 1 is 1.15 bits per heavy atom. The van der Waals surface area contributed by atoms with E-state index < -0.39 is 0 Å². The molecule has 0 spiro atoms. The number of allylic oxidation sites excluding steroid dienone is 3. The summed E-state index contributed by atoms with van der Waals surface area (Å²) in [6.07, 6.45) is 14.1. The molecule has 0 aromatic carbocycles. The minimum absolute atomic E-state index is 0.0291. The minimum atomic E-state index is -0.341. The number of nitrogens with zero attached hydrogens (tertiary/aromatic N) is 2. The highest BCUT2D eigenvalue weighted by Crippen LogP contribution is 2.45. The molecule has 5 atom stereocenters. The van der Waals surface area contributed by atoms with Crippen molar-refractivity contribution < 1.29 is 23.2 Å². The third-order valence-corrected chi connectivity index (χ3v) is 7.37. The summed E-state index contributed by atoms with van der Waals surface area (Å²) in [5, 5.41) is 6.22. The maximum absolute atomic E-state index is 13.2. The van der Waals surface area contributed by atoms with E-state index in [9.17, 15) is 9.59 Å². The second kappa shape index (κ2) is 8.21. The van der Waals surface area contributed by atoms with Gasteiger partial charge in [-0.2, -0.15) is 5.10 Å². The molecule has 2 saturated carbocycles. The van der Waals surface area contributed by atoms with Crippen LogP contribution in [0.25, 0.3) is 6.08 Å². The average molecular weight is 447 g/mol. The van der Waals surface area contributed by atoms with E-state index in [1.165, 1.54) is 5.01 Å². The Labute approximate surface area is 191 Å². The molecule has 2 bridgehead atoms. The molecule has 3 aliphatic carbocycles. The highest BCUT2D eigenvalue weighted by Gasteiger charge is 2.46. The molecule has 2 fully saturated rings. The highest BCUT2D eigenvalue weighted by atomic mass is 16.5. The molecule has 7 nitrogen and oxygen atoms in total. The lowest BCUT2D eigenvalue weighted by molar-refractivity contribution is -0.157. The first-order valence-corrected chi connectivity index (χ1v) is 11.7. The molecule has 5 unspecified atom stereocenters. The molecular formula is C26H26N2O5. The summed E-state index contributed by atoms with van der Waals surface area (Å²) < 4.78 is 16.7. The van der Waals surface area contributed by atoms with E-state index in [1.807, 2.05) is 30.3 Å². The number of furan rings is 2. The molecule has 2 aromatic heterocycles. The third kappa shape index (κ3) is 3.65. The number of fused-ring (bicyclic) bond motifs is 3. The molecule has 170 valence electrons. The zero-order valence-corrected chi connectivity index (χ0v) is 18.3. The fourth-order valence-electron chi connectivity index (χ4n) is 5.85. The smallest absolute Gasteiger partial charge is 0.310 e. The largest absolute Gasteiger partial charge is 0.467 e. The first-order valence-electron chi connectivity index (χ1n) is 11.7. The highest BCUT2D eigenvalue weighted by molar-refractivity contribution is 6.08. The van der Waals surface area contributed by atoms with E-state index in [0.29, 0.717) is 11.7 Å². The van der Waals surface area contributed by atoms with Crippen LogP contribution < -0.4 is 0 Å². The van der Waals surface area contributed by atoms with Gasteiger partial charge in [-0.15, -0.1) is 0 Å². The Balaban J connectivity index is 1.23. The van der Waals surface area contributed by atoms with Crippen LogP contribution in [-0.2, 0) is 14.3 Å². The van der Waals surface area contributed by atoms with Crippen molar-refractivity contribution >= 4 is 23.7 Å². The van der Waals surface area contributed by atoms with Crippen molar-refractivity contribution in [3.8, 4) is 0 Å². The van der Waals surface area contributed by atoms with Crippen molar-refractivity contribution in [2.45, 2.75) is 38.1 Å². The number of hydrogen-bond acceptors (Lipinski definition) is 6. The van der Waals surface area contributed by atoms with Gasteiger partial charge in [0.25, 0.3) is 5.91 Å². The Hall–Kier alpha value is -3.35. The standard InChI is InChI=1S/C26H26N2O5/c29-23(15-33-26(30)21-13-16-8-9-17(21)12-16)28-25(22-7-3-11-32-22)20-6-1-4-18(24(20)27-28)14-19-5-2-10-31-19/h2-3,5,7-11,14,16-17,20-21,25H,1,4,6,12-13,15H2. The fourth-order valence-corrected chi connectivity index (χ4v) is 5.85. The van der Waals surface area contributed by atoms with Gasteiger partial charge in [-0.25, -0.2) is 5.01 Å². The summed E-state index contributed by atoms with van der Waals surface area (Å²) in [4.78, 5) is 25.9. The summed E-state index contributed by atoms with van der Waals surface area (Å²) in [5.74, 6) is 1.46. The summed E-state index contributed by atoms with van der Waals surface area (Å²) >= 11 is 0. The number of esters is 1. The third-order valence-electron chi connectivity index (χ3n) is 7.37. The van der Waals surface area contributed by atoms with E-state index in [2.05, 4.69) is 12.2 Å². The van der Waals surface area contributed by atoms with E-state index in [-0.39, 0.29) is 42.3 Å². The number of ether oxygens (including phenoxy) is 1. The van der Waals surface area contributed by atoms with Gasteiger partial charge in [-0.3, -0.25) is 9.59 Å². The monoisotopic (exact) mass is 446 g/mol. The predicted octanol–water partition coefficient (Wildman–Crippen LogP) is 4.75. The lowest BCUT2D eigenvalue weighted by Crippen LogP contribution is -2.35. The zero-order chi connectivity index (χ0) is 22.4. The van der Waals surface area contributed by atoms with Crippen molar-refractivity contribution in [3.05, 3.63) is 66.0 Å². The number of rotatable bonds is 5. The van der Waals surface area contributed by atoms with Gasteiger partial charge < -0.3 is 13.6 Å². The van der Waals surface area contributed by atoms with Crippen molar-refractivity contribution in [1.29, 1.82) is 0 Å². The van der Waals surface area contributed by atoms with Gasteiger partial charge >= 0.3 is 5.97 Å². The average Bonchev–Trinajstić information content (AvgIpc) is 3.64. The van der Waals surface area contributed by atoms with Crippen molar-refractivity contribution in [1.82, 2.24) is 5.01 Å². The van der Waals surface area contributed by atoms with Gasteiger partial charge in [0.2, 0.25) is 0 Å². The first kappa shape index (κ1) is 20.3. The molecule has 0 radical (unpaired) electrons. The van der Waals surface area contributed by atoms with Crippen molar-refractivity contribution in [2.24, 2.45) is 28.8 Å². The first-order chi connectivity index (χ1) is 16.2. The maximum atomic E-state index is 13.2. The van der Waals surface area contributed by atoms with Crippen LogP contribution in [-0.4, -0.2) is 29.2 Å². The van der Waals surface area contributed by atoms with Gasteiger partial charge in [0.05, 0.1) is 24.2 Å². The summed E-state index contributed by atoms with van der Waals surface area (Å²) in [6.45, 7) is -0.311. The zero-order valence-electron chi connectivity index (χ0n) is 18.3. The predicted molar refractivity (Wildman–Crippen MR) is 120 cm³/mol. The molecule has 0 saturated heterocycles.